The van der Waals surface area contributed by atoms with Gasteiger partial charge in [-0.25, -0.2) is 9.78 Å². The Morgan fingerprint density at radius 2 is 1.70 bits per heavy atom. The third kappa shape index (κ3) is 5.61. The number of hydrogen-bond donors (Lipinski definition) is 0. The van der Waals surface area contributed by atoms with Crippen LogP contribution in [0.5, 0.6) is 0 Å². The maximum Gasteiger partial charge on any atom is 0.349 e. The van der Waals surface area contributed by atoms with Crippen LogP contribution in [0.1, 0.15) is 68.2 Å². The molecule has 1 saturated heterocycles. The Morgan fingerprint density at radius 3 is 2.33 bits per heavy atom. The molecule has 40 heavy (non-hydrogen) atoms. The van der Waals surface area contributed by atoms with Crippen molar-refractivity contribution >= 4 is 16.9 Å². The first-order valence-electron chi connectivity index (χ1n) is 14.1. The SMILES string of the molecule is CC.CCC1CN(c2nc(=O)n(C)c3ccc(C#N)nc23)C(C)CN1C(c1ccc(C)cc1)c1ccc(C)cn1. The van der Waals surface area contributed by atoms with Gasteiger partial charge >= 0.3 is 5.69 Å². The number of benzene rings is 1. The van der Waals surface area contributed by atoms with Crippen molar-refractivity contribution in [1.29, 1.82) is 5.26 Å². The van der Waals surface area contributed by atoms with Crippen LogP contribution >= 0.6 is 0 Å². The van der Waals surface area contributed by atoms with Gasteiger partial charge in [-0.1, -0.05) is 56.7 Å². The molecule has 8 nitrogen and oxygen atoms in total. The Morgan fingerprint density at radius 1 is 1.00 bits per heavy atom. The average Bonchev–Trinajstić information content (AvgIpc) is 2.98. The van der Waals surface area contributed by atoms with E-state index in [-0.39, 0.29) is 23.8 Å². The molecule has 1 fully saturated rings. The van der Waals surface area contributed by atoms with Crippen molar-refractivity contribution in [3.63, 3.8) is 0 Å². The number of piperazine rings is 1. The first-order chi connectivity index (χ1) is 19.3. The molecule has 208 valence electrons. The summed E-state index contributed by atoms with van der Waals surface area (Å²) in [6.07, 6.45) is 2.85. The van der Waals surface area contributed by atoms with Gasteiger partial charge in [0.25, 0.3) is 0 Å². The number of anilines is 1. The van der Waals surface area contributed by atoms with E-state index >= 15 is 0 Å². The Hall–Kier alpha value is -4.09. The molecule has 0 aliphatic carbocycles. The largest absolute Gasteiger partial charge is 0.349 e. The van der Waals surface area contributed by atoms with Crippen LogP contribution in [-0.2, 0) is 7.05 Å². The molecule has 4 aromatic rings. The maximum atomic E-state index is 12.8. The van der Waals surface area contributed by atoms with Crippen LogP contribution in [0.15, 0.2) is 59.5 Å². The predicted octanol–water partition coefficient (Wildman–Crippen LogP) is 5.32. The van der Waals surface area contributed by atoms with Crippen molar-refractivity contribution < 1.29 is 0 Å². The zero-order chi connectivity index (χ0) is 29.0. The summed E-state index contributed by atoms with van der Waals surface area (Å²) in [5, 5.41) is 9.47. The molecule has 3 aromatic heterocycles. The van der Waals surface area contributed by atoms with E-state index < -0.39 is 0 Å². The molecule has 0 saturated carbocycles. The highest BCUT2D eigenvalue weighted by atomic mass is 16.1. The van der Waals surface area contributed by atoms with Gasteiger partial charge in [0.1, 0.15) is 17.3 Å². The third-order valence-corrected chi connectivity index (χ3v) is 7.62. The first kappa shape index (κ1) is 28.9. The number of aromatic nitrogens is 4. The summed E-state index contributed by atoms with van der Waals surface area (Å²) < 4.78 is 1.49. The van der Waals surface area contributed by atoms with Crippen molar-refractivity contribution in [3.05, 3.63) is 93.3 Å². The number of rotatable bonds is 5. The smallest absolute Gasteiger partial charge is 0.349 e. The van der Waals surface area contributed by atoms with Crippen molar-refractivity contribution in [1.82, 2.24) is 24.4 Å². The molecule has 0 bridgehead atoms. The normalized spacial score (nSPS) is 18.1. The highest BCUT2D eigenvalue weighted by Gasteiger charge is 2.38. The van der Waals surface area contributed by atoms with Gasteiger partial charge in [-0.05, 0) is 56.5 Å². The standard InChI is InChI=1S/C30H33N7O.C2H6/c1-6-24-18-36(29-27-26(35(5)30(38)34-29)14-12-23(15-31)33-27)21(4)17-37(24)28(22-10-7-19(2)8-11-22)25-13-9-20(3)16-32-25;1-2/h7-14,16,21,24,28H,6,17-18H2,1-5H3;1-2H3. The van der Waals surface area contributed by atoms with E-state index in [1.807, 2.05) is 20.0 Å². The van der Waals surface area contributed by atoms with Crippen molar-refractivity contribution in [3.8, 4) is 6.07 Å². The van der Waals surface area contributed by atoms with Gasteiger partial charge in [-0.3, -0.25) is 14.5 Å². The molecule has 0 radical (unpaired) electrons. The first-order valence-corrected chi connectivity index (χ1v) is 14.1. The van der Waals surface area contributed by atoms with E-state index in [9.17, 15) is 10.1 Å². The van der Waals surface area contributed by atoms with E-state index in [4.69, 9.17) is 4.98 Å². The lowest BCUT2D eigenvalue weighted by atomic mass is 9.94. The lowest BCUT2D eigenvalue weighted by molar-refractivity contribution is 0.113. The van der Waals surface area contributed by atoms with Crippen molar-refractivity contribution in [2.75, 3.05) is 18.0 Å². The van der Waals surface area contributed by atoms with Gasteiger partial charge in [0, 0.05) is 38.4 Å². The number of nitriles is 1. The molecule has 1 aliphatic heterocycles. The molecule has 3 atom stereocenters. The van der Waals surface area contributed by atoms with E-state index in [2.05, 4.69) is 89.9 Å². The Labute approximate surface area is 236 Å². The number of fused-ring (bicyclic) bond motifs is 1. The predicted molar refractivity (Wildman–Crippen MR) is 160 cm³/mol. The number of nitrogens with zero attached hydrogens (tertiary/aromatic N) is 7. The second kappa shape index (κ2) is 12.4. The molecule has 0 amide bonds. The topological polar surface area (TPSA) is 90.9 Å². The van der Waals surface area contributed by atoms with E-state index in [0.717, 1.165) is 24.2 Å². The summed E-state index contributed by atoms with van der Waals surface area (Å²) in [4.78, 5) is 31.4. The van der Waals surface area contributed by atoms with Crippen LogP contribution in [0.4, 0.5) is 5.82 Å². The molecule has 1 aliphatic rings. The molecule has 1 aromatic carbocycles. The van der Waals surface area contributed by atoms with Crippen LogP contribution in [0.2, 0.25) is 0 Å². The molecule has 4 heterocycles. The Kier molecular flexibility index (Phi) is 8.96. The Balaban J connectivity index is 0.00000181. The van der Waals surface area contributed by atoms with Gasteiger partial charge in [0.15, 0.2) is 5.82 Å². The van der Waals surface area contributed by atoms with Crippen LogP contribution in [-0.4, -0.2) is 49.6 Å². The third-order valence-electron chi connectivity index (χ3n) is 7.62. The average molecular weight is 538 g/mol. The minimum atomic E-state index is -0.330. The molecule has 0 N–H and O–H groups in total. The van der Waals surface area contributed by atoms with Crippen molar-refractivity contribution in [2.24, 2.45) is 7.05 Å². The zero-order valence-corrected chi connectivity index (χ0v) is 24.6. The van der Waals surface area contributed by atoms with E-state index in [0.29, 0.717) is 29.1 Å². The minimum absolute atomic E-state index is 0.00223. The highest BCUT2D eigenvalue weighted by molar-refractivity contribution is 5.86. The minimum Gasteiger partial charge on any atom is -0.349 e. The molecule has 5 rings (SSSR count). The lowest BCUT2D eigenvalue weighted by Gasteiger charge is -2.48. The van der Waals surface area contributed by atoms with Gasteiger partial charge in [0.2, 0.25) is 0 Å². The van der Waals surface area contributed by atoms with E-state index in [1.165, 1.54) is 15.7 Å². The number of aryl methyl sites for hydroxylation is 3. The fourth-order valence-electron chi connectivity index (χ4n) is 5.43. The fourth-order valence-corrected chi connectivity index (χ4v) is 5.43. The summed E-state index contributed by atoms with van der Waals surface area (Å²) in [6.45, 7) is 13.9. The summed E-state index contributed by atoms with van der Waals surface area (Å²) in [5.41, 5.74) is 5.82. The lowest BCUT2D eigenvalue weighted by Crippen LogP contribution is -2.58. The van der Waals surface area contributed by atoms with Gasteiger partial charge in [-0.15, -0.1) is 0 Å². The highest BCUT2D eigenvalue weighted by Crippen LogP contribution is 2.35. The molecular formula is C32H39N7O. The number of hydrogen-bond acceptors (Lipinski definition) is 7. The van der Waals surface area contributed by atoms with Crippen LogP contribution in [0.3, 0.4) is 0 Å². The van der Waals surface area contributed by atoms with Crippen molar-refractivity contribution in [2.45, 2.75) is 66.1 Å². The zero-order valence-electron chi connectivity index (χ0n) is 24.6. The van der Waals surface area contributed by atoms with Crippen LogP contribution < -0.4 is 10.6 Å². The van der Waals surface area contributed by atoms with Crippen LogP contribution in [0.25, 0.3) is 11.0 Å². The quantitative estimate of drug-likeness (QED) is 0.340. The Bertz CT molecular complexity index is 1510. The van der Waals surface area contributed by atoms with Crippen LogP contribution in [0, 0.1) is 25.2 Å². The summed E-state index contributed by atoms with van der Waals surface area (Å²) in [7, 11) is 1.69. The van der Waals surface area contributed by atoms with Gasteiger partial charge < -0.3 is 4.90 Å². The monoisotopic (exact) mass is 537 g/mol. The number of pyridine rings is 2. The molecule has 8 heteroatoms. The van der Waals surface area contributed by atoms with Gasteiger partial charge in [-0.2, -0.15) is 10.2 Å². The van der Waals surface area contributed by atoms with Gasteiger partial charge in [0.05, 0.1) is 17.3 Å². The maximum absolute atomic E-state index is 12.8. The molecular weight excluding hydrogens is 498 g/mol. The van der Waals surface area contributed by atoms with E-state index in [1.54, 1.807) is 19.2 Å². The summed E-state index contributed by atoms with van der Waals surface area (Å²) in [6, 6.07) is 18.8. The summed E-state index contributed by atoms with van der Waals surface area (Å²) in [5.74, 6) is 0.547. The summed E-state index contributed by atoms with van der Waals surface area (Å²) >= 11 is 0. The second-order valence-corrected chi connectivity index (χ2v) is 10.3. The second-order valence-electron chi connectivity index (χ2n) is 10.3. The molecule has 3 unspecified atom stereocenters. The molecule has 0 spiro atoms. The fraction of sp³-hybridized carbons (Fsp3) is 0.406.